The number of carboxylic acid groups (broad SMARTS) is 1. The quantitative estimate of drug-likeness (QED) is 0.181. The van der Waals surface area contributed by atoms with Crippen LogP contribution in [0.1, 0.15) is 26.7 Å². The predicted octanol–water partition coefficient (Wildman–Crippen LogP) is -1.76. The van der Waals surface area contributed by atoms with Gasteiger partial charge in [-0.2, -0.15) is 0 Å². The average Bonchev–Trinajstić information content (AvgIpc) is 2.77. The molecule has 1 aliphatic rings. The van der Waals surface area contributed by atoms with Gasteiger partial charge in [-0.25, -0.2) is 4.99 Å². The lowest BCUT2D eigenvalue weighted by molar-refractivity contribution is -0.144. The molecule has 0 aromatic carbocycles. The predicted molar refractivity (Wildman–Crippen MR) is 86.3 cm³/mol. The summed E-state index contributed by atoms with van der Waals surface area (Å²) in [4.78, 5) is 17.1. The highest BCUT2D eigenvalue weighted by Crippen LogP contribution is 2.30. The van der Waals surface area contributed by atoms with Crippen LogP contribution in [0.2, 0.25) is 6.32 Å². The minimum absolute atomic E-state index is 0.00513. The largest absolute Gasteiger partial charge is 0.480 e. The lowest BCUT2D eigenvalue weighted by Crippen LogP contribution is -2.55. The molecule has 0 aromatic heterocycles. The van der Waals surface area contributed by atoms with Crippen LogP contribution in [0.15, 0.2) is 4.99 Å². The van der Waals surface area contributed by atoms with Crippen molar-refractivity contribution in [2.75, 3.05) is 13.1 Å². The number of carbonyl (C=O) groups is 1. The Labute approximate surface area is 136 Å². The Kier molecular flexibility index (Phi) is 6.81. The van der Waals surface area contributed by atoms with Crippen LogP contribution in [-0.4, -0.2) is 69.1 Å². The van der Waals surface area contributed by atoms with Crippen molar-refractivity contribution in [2.45, 2.75) is 44.8 Å². The van der Waals surface area contributed by atoms with E-state index >= 15 is 0 Å². The van der Waals surface area contributed by atoms with E-state index in [0.717, 1.165) is 0 Å². The number of aliphatic hydroxyl groups is 1. The zero-order chi connectivity index (χ0) is 17.8. The van der Waals surface area contributed by atoms with Crippen LogP contribution in [-0.2, 0) is 4.79 Å². The molecule has 0 saturated carbocycles. The number of likely N-dealkylation sites (tertiary alicyclic amines) is 1. The van der Waals surface area contributed by atoms with Gasteiger partial charge in [0.1, 0.15) is 5.54 Å². The molecule has 0 amide bonds. The summed E-state index contributed by atoms with van der Waals surface area (Å²) in [5.41, 5.74) is 10.4. The Hall–Kier alpha value is -1.36. The van der Waals surface area contributed by atoms with Crippen molar-refractivity contribution in [3.63, 3.8) is 0 Å². The first-order valence-corrected chi connectivity index (χ1v) is 7.72. The summed E-state index contributed by atoms with van der Waals surface area (Å²) in [5.74, 6) is -1.58. The van der Waals surface area contributed by atoms with Crippen LogP contribution in [0.3, 0.4) is 0 Å². The summed E-state index contributed by atoms with van der Waals surface area (Å²) < 4.78 is 0. The number of carboxylic acids is 1. The van der Waals surface area contributed by atoms with Crippen molar-refractivity contribution >= 4 is 19.0 Å². The fourth-order valence-corrected chi connectivity index (χ4v) is 2.62. The van der Waals surface area contributed by atoms with E-state index in [9.17, 15) is 15.0 Å². The van der Waals surface area contributed by atoms with E-state index in [0.29, 0.717) is 19.4 Å². The van der Waals surface area contributed by atoms with Crippen molar-refractivity contribution < 1.29 is 25.1 Å². The molecule has 3 unspecified atom stereocenters. The van der Waals surface area contributed by atoms with E-state index in [2.05, 4.69) is 4.99 Å². The molecule has 0 radical (unpaired) electrons. The molecule has 8 N–H and O–H groups in total. The molecule has 0 aromatic rings. The first kappa shape index (κ1) is 19.7. The molecule has 3 atom stereocenters. The Morgan fingerprint density at radius 2 is 2.09 bits per heavy atom. The molecule has 1 fully saturated rings. The van der Waals surface area contributed by atoms with Crippen LogP contribution in [0.4, 0.5) is 0 Å². The third-order valence-electron chi connectivity index (χ3n) is 4.22. The number of nitrogens with zero attached hydrogens (tertiary/aromatic N) is 2. The maximum atomic E-state index is 11.5. The summed E-state index contributed by atoms with van der Waals surface area (Å²) in [6.45, 7) is 3.87. The lowest BCUT2D eigenvalue weighted by atomic mass is 9.78. The van der Waals surface area contributed by atoms with Gasteiger partial charge >= 0.3 is 13.1 Å². The average molecular weight is 330 g/mol. The van der Waals surface area contributed by atoms with Crippen LogP contribution < -0.4 is 11.5 Å². The van der Waals surface area contributed by atoms with Gasteiger partial charge in [0, 0.05) is 19.0 Å². The molecule has 0 bridgehead atoms. The fraction of sp³-hybridized carbons (Fsp3) is 0.846. The summed E-state index contributed by atoms with van der Waals surface area (Å²) in [7, 11) is -1.42. The number of aliphatic hydroxyl groups excluding tert-OH is 1. The maximum absolute atomic E-state index is 11.5. The van der Waals surface area contributed by atoms with Gasteiger partial charge in [-0.15, -0.1) is 0 Å². The first-order valence-electron chi connectivity index (χ1n) is 7.72. The summed E-state index contributed by atoms with van der Waals surface area (Å²) >= 11 is 0. The van der Waals surface area contributed by atoms with Gasteiger partial charge in [0.05, 0.1) is 0 Å². The molecule has 10 heteroatoms. The normalized spacial score (nSPS) is 26.7. The Balaban J connectivity index is 2.81. The molecule has 23 heavy (non-hydrogen) atoms. The zero-order valence-corrected chi connectivity index (χ0v) is 13.6. The lowest BCUT2D eigenvalue weighted by Gasteiger charge is -2.25. The molecular weight excluding hydrogens is 303 g/mol. The molecule has 0 aliphatic carbocycles. The van der Waals surface area contributed by atoms with Gasteiger partial charge in [-0.1, -0.05) is 20.3 Å². The summed E-state index contributed by atoms with van der Waals surface area (Å²) in [6, 6.07) is 0. The highest BCUT2D eigenvalue weighted by Gasteiger charge is 2.49. The van der Waals surface area contributed by atoms with Gasteiger partial charge in [0.15, 0.2) is 12.2 Å². The van der Waals surface area contributed by atoms with Crippen LogP contribution >= 0.6 is 0 Å². The minimum atomic E-state index is -1.48. The van der Waals surface area contributed by atoms with Gasteiger partial charge < -0.3 is 36.6 Å². The third-order valence-corrected chi connectivity index (χ3v) is 4.22. The second-order valence-electron chi connectivity index (χ2n) is 6.48. The van der Waals surface area contributed by atoms with E-state index in [1.165, 1.54) is 0 Å². The molecule has 1 heterocycles. The van der Waals surface area contributed by atoms with Crippen LogP contribution in [0, 0.1) is 11.8 Å². The molecular formula is C13H27BN4O5. The number of rotatable bonds is 7. The van der Waals surface area contributed by atoms with Crippen molar-refractivity contribution in [2.24, 2.45) is 28.3 Å². The van der Waals surface area contributed by atoms with Crippen LogP contribution in [0.5, 0.6) is 0 Å². The van der Waals surface area contributed by atoms with Gasteiger partial charge in [-0.05, 0) is 18.7 Å². The number of aliphatic imine (C=N–C) groups is 1. The van der Waals surface area contributed by atoms with Crippen molar-refractivity contribution in [1.82, 2.24) is 4.90 Å². The second kappa shape index (κ2) is 7.96. The second-order valence-corrected chi connectivity index (χ2v) is 6.48. The monoisotopic (exact) mass is 330 g/mol. The molecule has 1 aliphatic heterocycles. The SMILES string of the molecule is CC(C)C(O)N=C(N)N1CC(CCCB(O)O)C(N)(C(=O)O)C1. The van der Waals surface area contributed by atoms with E-state index in [-0.39, 0.29) is 24.7 Å². The number of aliphatic carboxylic acids is 1. The molecule has 132 valence electrons. The zero-order valence-electron chi connectivity index (χ0n) is 13.6. The summed E-state index contributed by atoms with van der Waals surface area (Å²) in [6.07, 6.45) is 0.0583. The highest BCUT2D eigenvalue weighted by atomic mass is 16.4. The van der Waals surface area contributed by atoms with Crippen LogP contribution in [0.25, 0.3) is 0 Å². The molecule has 9 nitrogen and oxygen atoms in total. The number of hydrogen-bond donors (Lipinski definition) is 6. The van der Waals surface area contributed by atoms with Crippen molar-refractivity contribution in [3.05, 3.63) is 0 Å². The highest BCUT2D eigenvalue weighted by molar-refractivity contribution is 6.40. The van der Waals surface area contributed by atoms with Crippen molar-refractivity contribution in [1.29, 1.82) is 0 Å². The maximum Gasteiger partial charge on any atom is 0.451 e. The van der Waals surface area contributed by atoms with Crippen molar-refractivity contribution in [3.8, 4) is 0 Å². The van der Waals surface area contributed by atoms with Gasteiger partial charge in [0.2, 0.25) is 0 Å². The Bertz CT molecular complexity index is 448. The topological polar surface area (TPSA) is 166 Å². The Morgan fingerprint density at radius 3 is 2.57 bits per heavy atom. The molecule has 0 spiro atoms. The Morgan fingerprint density at radius 1 is 1.48 bits per heavy atom. The van der Waals surface area contributed by atoms with E-state index < -0.39 is 30.8 Å². The molecule has 1 rings (SSSR count). The fourth-order valence-electron chi connectivity index (χ4n) is 2.62. The van der Waals surface area contributed by atoms with E-state index in [1.807, 2.05) is 0 Å². The van der Waals surface area contributed by atoms with Gasteiger partial charge in [-0.3, -0.25) is 4.79 Å². The third kappa shape index (κ3) is 5.06. The smallest absolute Gasteiger partial charge is 0.451 e. The number of guanidine groups is 1. The standard InChI is InChI=1S/C13H27BN4O5/c1-8(2)10(19)17-12(15)18-6-9(4-3-5-14(22)23)13(16,7-18)11(20)21/h8-10,19,22-23H,3-7,16H2,1-2H3,(H2,15,17)(H,20,21). The molecule has 1 saturated heterocycles. The number of hydrogen-bond acceptors (Lipinski definition) is 6. The van der Waals surface area contributed by atoms with E-state index in [1.54, 1.807) is 18.7 Å². The van der Waals surface area contributed by atoms with E-state index in [4.69, 9.17) is 21.5 Å². The minimum Gasteiger partial charge on any atom is -0.480 e. The number of nitrogens with two attached hydrogens (primary N) is 2. The van der Waals surface area contributed by atoms with Gasteiger partial charge in [0.25, 0.3) is 0 Å². The summed E-state index contributed by atoms with van der Waals surface area (Å²) in [5, 5.41) is 37.0. The first-order chi connectivity index (χ1) is 10.6.